The van der Waals surface area contributed by atoms with Gasteiger partial charge in [0.25, 0.3) is 0 Å². The fourth-order valence-electron chi connectivity index (χ4n) is 1.94. The van der Waals surface area contributed by atoms with Gasteiger partial charge < -0.3 is 5.32 Å². The molecule has 1 N–H and O–H groups in total. The Hall–Kier alpha value is -0.390. The van der Waals surface area contributed by atoms with Gasteiger partial charge in [-0.15, -0.1) is 12.4 Å². The maximum Gasteiger partial charge on any atom is 0.446 e. The lowest BCUT2D eigenvalue weighted by Gasteiger charge is -2.16. The van der Waals surface area contributed by atoms with E-state index in [1.54, 1.807) is 18.2 Å². The minimum atomic E-state index is -4.21. The minimum absolute atomic E-state index is 0. The summed E-state index contributed by atoms with van der Waals surface area (Å²) in [6.07, 6.45) is 1.94. The molecule has 1 aliphatic heterocycles. The Morgan fingerprint density at radius 1 is 1.24 bits per heavy atom. The van der Waals surface area contributed by atoms with E-state index in [-0.39, 0.29) is 30.2 Å². The lowest BCUT2D eigenvalue weighted by molar-refractivity contribution is -0.0328. The normalized spacial score (nSPS) is 20.1. The second-order valence-corrected chi connectivity index (χ2v) is 4.84. The van der Waals surface area contributed by atoms with Gasteiger partial charge in [-0.25, -0.2) is 0 Å². The Bertz CT molecular complexity index is 364. The van der Waals surface area contributed by atoms with Gasteiger partial charge in [-0.1, -0.05) is 18.2 Å². The van der Waals surface area contributed by atoms with Crippen molar-refractivity contribution in [1.82, 2.24) is 5.32 Å². The molecule has 0 unspecified atom stereocenters. The summed E-state index contributed by atoms with van der Waals surface area (Å²) in [6.45, 7) is 0.885. The molecule has 0 amide bonds. The highest BCUT2D eigenvalue weighted by atomic mass is 35.5. The average Bonchev–Trinajstić information content (AvgIpc) is 2.69. The van der Waals surface area contributed by atoms with Crippen LogP contribution >= 0.6 is 24.2 Å². The molecule has 96 valence electrons. The van der Waals surface area contributed by atoms with Crippen molar-refractivity contribution in [3.63, 3.8) is 0 Å². The minimum Gasteiger partial charge on any atom is -0.310 e. The van der Waals surface area contributed by atoms with Crippen molar-refractivity contribution < 1.29 is 13.2 Å². The molecule has 0 aliphatic carbocycles. The zero-order chi connectivity index (χ0) is 11.6. The van der Waals surface area contributed by atoms with Gasteiger partial charge in [0.15, 0.2) is 0 Å². The van der Waals surface area contributed by atoms with Gasteiger partial charge in [-0.3, -0.25) is 0 Å². The smallest absolute Gasteiger partial charge is 0.310 e. The molecule has 1 aliphatic rings. The van der Waals surface area contributed by atoms with E-state index in [1.165, 1.54) is 6.07 Å². The Labute approximate surface area is 109 Å². The highest BCUT2D eigenvalue weighted by molar-refractivity contribution is 8.00. The van der Waals surface area contributed by atoms with Crippen LogP contribution in [0.4, 0.5) is 13.2 Å². The molecular formula is C11H13ClF3NS. The monoisotopic (exact) mass is 283 g/mol. The van der Waals surface area contributed by atoms with Crippen molar-refractivity contribution in [2.24, 2.45) is 0 Å². The number of hydrogen-bond acceptors (Lipinski definition) is 2. The van der Waals surface area contributed by atoms with Crippen LogP contribution in [0.3, 0.4) is 0 Å². The molecule has 6 heteroatoms. The fourth-order valence-corrected chi connectivity index (χ4v) is 2.66. The number of halogens is 4. The summed E-state index contributed by atoms with van der Waals surface area (Å²) in [7, 11) is 0. The van der Waals surface area contributed by atoms with Gasteiger partial charge in [0, 0.05) is 10.9 Å². The molecule has 0 saturated carbocycles. The van der Waals surface area contributed by atoms with Crippen LogP contribution in [-0.2, 0) is 0 Å². The maximum atomic E-state index is 12.4. The molecule has 0 aromatic heterocycles. The van der Waals surface area contributed by atoms with Gasteiger partial charge in [0.05, 0.1) is 0 Å². The van der Waals surface area contributed by atoms with E-state index in [0.29, 0.717) is 4.90 Å². The Morgan fingerprint density at radius 2 is 1.94 bits per heavy atom. The molecule has 17 heavy (non-hydrogen) atoms. The van der Waals surface area contributed by atoms with Crippen LogP contribution < -0.4 is 5.32 Å². The average molecular weight is 284 g/mol. The molecule has 1 fully saturated rings. The van der Waals surface area contributed by atoms with Crippen molar-refractivity contribution in [1.29, 1.82) is 0 Å². The van der Waals surface area contributed by atoms with Crippen molar-refractivity contribution in [3.8, 4) is 0 Å². The first kappa shape index (κ1) is 14.7. The zero-order valence-corrected chi connectivity index (χ0v) is 10.6. The fraction of sp³-hybridized carbons (Fsp3) is 0.455. The van der Waals surface area contributed by atoms with Crippen LogP contribution in [0.5, 0.6) is 0 Å². The predicted octanol–water partition coefficient (Wildman–Crippen LogP) is 4.14. The van der Waals surface area contributed by atoms with Gasteiger partial charge in [0.2, 0.25) is 0 Å². The van der Waals surface area contributed by atoms with Gasteiger partial charge >= 0.3 is 5.51 Å². The van der Waals surface area contributed by atoms with Gasteiger partial charge in [-0.05, 0) is 42.8 Å². The van der Waals surface area contributed by atoms with Crippen LogP contribution in [0.2, 0.25) is 0 Å². The van der Waals surface area contributed by atoms with Crippen molar-refractivity contribution in [2.45, 2.75) is 29.3 Å². The van der Waals surface area contributed by atoms with Gasteiger partial charge in [-0.2, -0.15) is 13.2 Å². The van der Waals surface area contributed by atoms with Crippen LogP contribution in [0.1, 0.15) is 24.4 Å². The Morgan fingerprint density at radius 3 is 2.53 bits per heavy atom. The quantitative estimate of drug-likeness (QED) is 0.819. The summed E-state index contributed by atoms with van der Waals surface area (Å²) < 4.78 is 37.1. The standard InChI is InChI=1S/C11H12F3NS.ClH/c12-11(13,14)16-10-6-2-1-4-8(10)9-5-3-7-15-9;/h1-2,4,6,9,15H,3,5,7H2;1H/t9-;/m1./s1. The number of benzene rings is 1. The van der Waals surface area contributed by atoms with Crippen molar-refractivity contribution in [3.05, 3.63) is 29.8 Å². The van der Waals surface area contributed by atoms with E-state index in [0.717, 1.165) is 24.9 Å². The molecule has 1 atom stereocenters. The molecule has 0 bridgehead atoms. The summed E-state index contributed by atoms with van der Waals surface area (Å²) in [5.74, 6) is 0. The van der Waals surface area contributed by atoms with E-state index in [4.69, 9.17) is 0 Å². The molecule has 0 spiro atoms. The molecule has 1 aromatic carbocycles. The maximum absolute atomic E-state index is 12.4. The predicted molar refractivity (Wildman–Crippen MR) is 65.6 cm³/mol. The van der Waals surface area contributed by atoms with Crippen LogP contribution in [0.25, 0.3) is 0 Å². The SMILES string of the molecule is Cl.FC(F)(F)Sc1ccccc1[C@H]1CCCN1. The zero-order valence-electron chi connectivity index (χ0n) is 8.96. The highest BCUT2D eigenvalue weighted by Crippen LogP contribution is 2.41. The van der Waals surface area contributed by atoms with E-state index in [9.17, 15) is 13.2 Å². The molecular weight excluding hydrogens is 271 g/mol. The number of rotatable bonds is 2. The largest absolute Gasteiger partial charge is 0.446 e. The molecule has 1 aromatic rings. The molecule has 1 heterocycles. The summed E-state index contributed by atoms with van der Waals surface area (Å²) in [4.78, 5) is 0.314. The van der Waals surface area contributed by atoms with Crippen LogP contribution in [0, 0.1) is 0 Å². The lowest BCUT2D eigenvalue weighted by atomic mass is 10.1. The van der Waals surface area contributed by atoms with E-state index < -0.39 is 5.51 Å². The Kier molecular flexibility index (Phi) is 5.16. The van der Waals surface area contributed by atoms with Gasteiger partial charge in [0.1, 0.15) is 0 Å². The topological polar surface area (TPSA) is 12.0 Å². The van der Waals surface area contributed by atoms with E-state index in [2.05, 4.69) is 5.32 Å². The number of nitrogens with one attached hydrogen (secondary N) is 1. The first-order chi connectivity index (χ1) is 7.56. The van der Waals surface area contributed by atoms with Crippen LogP contribution in [0.15, 0.2) is 29.2 Å². The summed E-state index contributed by atoms with van der Waals surface area (Å²) in [5.41, 5.74) is -3.45. The first-order valence-electron chi connectivity index (χ1n) is 5.14. The van der Waals surface area contributed by atoms with Crippen molar-refractivity contribution in [2.75, 3.05) is 6.54 Å². The third kappa shape index (κ3) is 4.08. The summed E-state index contributed by atoms with van der Waals surface area (Å²) in [5, 5.41) is 3.22. The lowest BCUT2D eigenvalue weighted by Crippen LogP contribution is -2.14. The number of alkyl halides is 3. The third-order valence-electron chi connectivity index (χ3n) is 2.58. The molecule has 0 radical (unpaired) electrons. The highest BCUT2D eigenvalue weighted by Gasteiger charge is 2.31. The first-order valence-corrected chi connectivity index (χ1v) is 5.96. The second-order valence-electron chi connectivity index (χ2n) is 3.73. The summed E-state index contributed by atoms with van der Waals surface area (Å²) in [6, 6.07) is 6.82. The number of thioether (sulfide) groups is 1. The number of hydrogen-bond donors (Lipinski definition) is 1. The van der Waals surface area contributed by atoms with E-state index >= 15 is 0 Å². The molecule has 1 saturated heterocycles. The second kappa shape index (κ2) is 5.98. The molecule has 2 rings (SSSR count). The third-order valence-corrected chi connectivity index (χ3v) is 3.40. The van der Waals surface area contributed by atoms with Crippen LogP contribution in [-0.4, -0.2) is 12.1 Å². The summed E-state index contributed by atoms with van der Waals surface area (Å²) >= 11 is -0.0258. The molecule has 1 nitrogen and oxygen atoms in total. The van der Waals surface area contributed by atoms with Crippen molar-refractivity contribution >= 4 is 24.2 Å². The van der Waals surface area contributed by atoms with E-state index in [1.807, 2.05) is 0 Å². The Balaban J connectivity index is 0.00000144.